The Morgan fingerprint density at radius 2 is 1.88 bits per heavy atom. The average molecular weight is 394 g/mol. The van der Waals surface area contributed by atoms with Crippen LogP contribution in [0.15, 0.2) is 34.5 Å². The minimum absolute atomic E-state index is 0.152. The summed E-state index contributed by atoms with van der Waals surface area (Å²) in [6.07, 6.45) is 4.28. The summed E-state index contributed by atoms with van der Waals surface area (Å²) in [6, 6.07) is 6.66. The highest BCUT2D eigenvalue weighted by molar-refractivity contribution is 7.93. The van der Waals surface area contributed by atoms with Gasteiger partial charge in [-0.15, -0.1) is 11.3 Å². The molecule has 0 radical (unpaired) electrons. The number of hydrogen-bond acceptors (Lipinski definition) is 5. The predicted molar refractivity (Wildman–Crippen MR) is 103 cm³/mol. The van der Waals surface area contributed by atoms with Gasteiger partial charge in [-0.25, -0.2) is 13.4 Å². The Balaban J connectivity index is 1.57. The molecular weight excluding hydrogens is 370 g/mol. The fourth-order valence-corrected chi connectivity index (χ4v) is 4.89. The van der Waals surface area contributed by atoms with Crippen LogP contribution >= 0.6 is 11.3 Å². The van der Waals surface area contributed by atoms with Crippen molar-refractivity contribution in [3.8, 4) is 0 Å². The Morgan fingerprint density at radius 3 is 2.58 bits per heavy atom. The molecule has 1 fully saturated rings. The molecule has 0 unspecified atom stereocenters. The van der Waals surface area contributed by atoms with Gasteiger partial charge in [0.2, 0.25) is 5.91 Å². The van der Waals surface area contributed by atoms with E-state index in [0.717, 1.165) is 37.2 Å². The van der Waals surface area contributed by atoms with Crippen molar-refractivity contribution >= 4 is 32.4 Å². The lowest BCUT2D eigenvalue weighted by Gasteiger charge is -2.26. The number of aromatic nitrogens is 1. The first kappa shape index (κ1) is 18.8. The van der Waals surface area contributed by atoms with Crippen LogP contribution < -0.4 is 4.72 Å². The van der Waals surface area contributed by atoms with Gasteiger partial charge in [-0.3, -0.25) is 9.52 Å². The molecule has 140 valence electrons. The molecule has 3 rings (SSSR count). The van der Waals surface area contributed by atoms with Crippen molar-refractivity contribution in [2.24, 2.45) is 0 Å². The van der Waals surface area contributed by atoms with Crippen LogP contribution in [-0.4, -0.2) is 37.3 Å². The van der Waals surface area contributed by atoms with Gasteiger partial charge < -0.3 is 4.90 Å². The molecule has 1 N–H and O–H groups in total. The zero-order valence-electron chi connectivity index (χ0n) is 14.8. The average Bonchev–Trinajstić information content (AvgIpc) is 3.07. The Morgan fingerprint density at radius 1 is 1.19 bits per heavy atom. The first-order valence-corrected chi connectivity index (χ1v) is 11.1. The fourth-order valence-electron chi connectivity index (χ4n) is 2.90. The maximum absolute atomic E-state index is 12.4. The number of piperidine rings is 1. The van der Waals surface area contributed by atoms with Crippen LogP contribution in [0, 0.1) is 6.92 Å². The number of carbonyl (C=O) groups is 1. The number of nitrogens with one attached hydrogen (secondary N) is 1. The van der Waals surface area contributed by atoms with Gasteiger partial charge in [-0.1, -0.05) is 17.7 Å². The van der Waals surface area contributed by atoms with Gasteiger partial charge in [0, 0.05) is 24.9 Å². The molecule has 2 aromatic rings. The number of benzene rings is 1. The maximum Gasteiger partial charge on any atom is 0.263 e. The van der Waals surface area contributed by atoms with Crippen LogP contribution in [0.25, 0.3) is 0 Å². The number of sulfonamides is 1. The topological polar surface area (TPSA) is 79.4 Å². The van der Waals surface area contributed by atoms with E-state index in [4.69, 9.17) is 0 Å². The van der Waals surface area contributed by atoms with E-state index in [2.05, 4.69) is 9.71 Å². The Kier molecular flexibility index (Phi) is 5.93. The van der Waals surface area contributed by atoms with E-state index in [0.29, 0.717) is 18.0 Å². The lowest BCUT2D eigenvalue weighted by molar-refractivity contribution is -0.132. The summed E-state index contributed by atoms with van der Waals surface area (Å²) in [4.78, 5) is 18.6. The van der Waals surface area contributed by atoms with Crippen molar-refractivity contribution in [1.29, 1.82) is 0 Å². The normalized spacial score (nSPS) is 15.0. The minimum atomic E-state index is -3.64. The summed E-state index contributed by atoms with van der Waals surface area (Å²) in [7, 11) is -3.64. The van der Waals surface area contributed by atoms with Crippen molar-refractivity contribution in [2.75, 3.05) is 17.8 Å². The third kappa shape index (κ3) is 4.82. The van der Waals surface area contributed by atoms with Crippen LogP contribution in [0.1, 0.15) is 36.9 Å². The number of thiazole rings is 1. The third-order valence-corrected chi connectivity index (χ3v) is 6.70. The molecule has 26 heavy (non-hydrogen) atoms. The molecule has 0 bridgehead atoms. The Hall–Kier alpha value is -1.93. The number of hydrogen-bond donors (Lipinski definition) is 1. The fraction of sp³-hybridized carbons (Fsp3) is 0.444. The van der Waals surface area contributed by atoms with E-state index in [1.165, 1.54) is 17.8 Å². The number of carbonyl (C=O) groups excluding carboxylic acids is 1. The largest absolute Gasteiger partial charge is 0.343 e. The smallest absolute Gasteiger partial charge is 0.263 e. The molecule has 0 saturated carbocycles. The summed E-state index contributed by atoms with van der Waals surface area (Å²) < 4.78 is 27.3. The zero-order valence-corrected chi connectivity index (χ0v) is 16.4. The van der Waals surface area contributed by atoms with Crippen molar-refractivity contribution in [1.82, 2.24) is 9.88 Å². The van der Waals surface area contributed by atoms with Gasteiger partial charge in [-0.2, -0.15) is 0 Å². The van der Waals surface area contributed by atoms with Gasteiger partial charge in [0.1, 0.15) is 0 Å². The number of amides is 1. The SMILES string of the molecule is Cc1ccc(S(=O)(=O)Nc2nc(CCC(=O)N3CCCCC3)cs2)cc1. The second-order valence-electron chi connectivity index (χ2n) is 6.50. The minimum Gasteiger partial charge on any atom is -0.343 e. The van der Waals surface area contributed by atoms with Crippen LogP contribution in [0.4, 0.5) is 5.13 Å². The summed E-state index contributed by atoms with van der Waals surface area (Å²) in [5.74, 6) is 0.152. The van der Waals surface area contributed by atoms with E-state index in [-0.39, 0.29) is 10.8 Å². The number of rotatable bonds is 6. The number of aryl methyl sites for hydroxylation is 2. The quantitative estimate of drug-likeness (QED) is 0.817. The van der Waals surface area contributed by atoms with Gasteiger partial charge >= 0.3 is 0 Å². The molecule has 8 heteroatoms. The molecule has 2 heterocycles. The summed E-state index contributed by atoms with van der Waals surface area (Å²) in [6.45, 7) is 3.59. The summed E-state index contributed by atoms with van der Waals surface area (Å²) in [5, 5.41) is 2.13. The van der Waals surface area contributed by atoms with E-state index < -0.39 is 10.0 Å². The van der Waals surface area contributed by atoms with E-state index >= 15 is 0 Å². The second kappa shape index (κ2) is 8.18. The molecule has 1 aromatic carbocycles. The maximum atomic E-state index is 12.4. The third-order valence-electron chi connectivity index (χ3n) is 4.41. The van der Waals surface area contributed by atoms with Crippen molar-refractivity contribution < 1.29 is 13.2 Å². The first-order valence-electron chi connectivity index (χ1n) is 8.76. The molecule has 0 atom stereocenters. The van der Waals surface area contributed by atoms with E-state index in [1.54, 1.807) is 29.6 Å². The summed E-state index contributed by atoms with van der Waals surface area (Å²) in [5.41, 5.74) is 1.74. The van der Waals surface area contributed by atoms with Gasteiger partial charge in [0.05, 0.1) is 10.6 Å². The Bertz CT molecular complexity index is 854. The van der Waals surface area contributed by atoms with Gasteiger partial charge in [0.25, 0.3) is 10.0 Å². The molecule has 1 amide bonds. The summed E-state index contributed by atoms with van der Waals surface area (Å²) >= 11 is 1.24. The number of anilines is 1. The van der Waals surface area contributed by atoms with Crippen molar-refractivity contribution in [3.63, 3.8) is 0 Å². The predicted octanol–water partition coefficient (Wildman–Crippen LogP) is 3.20. The van der Waals surface area contributed by atoms with Crippen LogP contribution in [0.5, 0.6) is 0 Å². The monoisotopic (exact) mass is 393 g/mol. The molecule has 1 aliphatic heterocycles. The lowest BCUT2D eigenvalue weighted by atomic mass is 10.1. The highest BCUT2D eigenvalue weighted by Crippen LogP contribution is 2.21. The van der Waals surface area contributed by atoms with Crippen molar-refractivity contribution in [2.45, 2.75) is 43.9 Å². The molecule has 0 aliphatic carbocycles. The first-order chi connectivity index (χ1) is 12.4. The lowest BCUT2D eigenvalue weighted by Crippen LogP contribution is -2.35. The van der Waals surface area contributed by atoms with Crippen LogP contribution in [0.3, 0.4) is 0 Å². The number of nitrogens with zero attached hydrogens (tertiary/aromatic N) is 2. The van der Waals surface area contributed by atoms with Gasteiger partial charge in [0.15, 0.2) is 5.13 Å². The highest BCUT2D eigenvalue weighted by Gasteiger charge is 2.18. The molecule has 6 nitrogen and oxygen atoms in total. The molecule has 1 saturated heterocycles. The van der Waals surface area contributed by atoms with Gasteiger partial charge in [-0.05, 0) is 44.7 Å². The van der Waals surface area contributed by atoms with E-state index in [1.807, 2.05) is 11.8 Å². The second-order valence-corrected chi connectivity index (χ2v) is 9.04. The molecular formula is C18H23N3O3S2. The standard InChI is InChI=1S/C18H23N3O3S2/c1-14-5-8-16(9-6-14)26(23,24)20-18-19-15(13-25-18)7-10-17(22)21-11-3-2-4-12-21/h5-6,8-9,13H,2-4,7,10-12H2,1H3,(H,19,20). The molecule has 0 spiro atoms. The Labute approximate surface area is 158 Å². The molecule has 1 aliphatic rings. The molecule has 1 aromatic heterocycles. The highest BCUT2D eigenvalue weighted by atomic mass is 32.2. The van der Waals surface area contributed by atoms with Crippen LogP contribution in [-0.2, 0) is 21.2 Å². The van der Waals surface area contributed by atoms with E-state index in [9.17, 15) is 13.2 Å². The zero-order chi connectivity index (χ0) is 18.6. The van der Waals surface area contributed by atoms with Crippen LogP contribution in [0.2, 0.25) is 0 Å². The number of likely N-dealkylation sites (tertiary alicyclic amines) is 1. The van der Waals surface area contributed by atoms with Crippen molar-refractivity contribution in [3.05, 3.63) is 40.9 Å².